The highest BCUT2D eigenvalue weighted by atomic mass is 19.4. The Morgan fingerprint density at radius 1 is 1.45 bits per heavy atom. The van der Waals surface area contributed by atoms with Crippen molar-refractivity contribution in [3.05, 3.63) is 0 Å². The Balaban J connectivity index is 2.73. The predicted octanol–water partition coefficient (Wildman–Crippen LogP) is 1.82. The first-order valence-corrected chi connectivity index (χ1v) is 6.78. The van der Waals surface area contributed by atoms with Crippen LogP contribution >= 0.6 is 0 Å². The normalized spacial score (nSPS) is 26.0. The van der Waals surface area contributed by atoms with Gasteiger partial charge < -0.3 is 9.84 Å². The topological polar surface area (TPSA) is 49.8 Å². The van der Waals surface area contributed by atoms with E-state index in [1.165, 1.54) is 4.90 Å². The first-order valence-electron chi connectivity index (χ1n) is 6.78. The van der Waals surface area contributed by atoms with Crippen LogP contribution in [-0.2, 0) is 9.53 Å². The van der Waals surface area contributed by atoms with Crippen molar-refractivity contribution < 1.29 is 27.8 Å². The Labute approximate surface area is 116 Å². The number of carbonyl (C=O) groups is 1. The zero-order chi connectivity index (χ0) is 15.6. The van der Waals surface area contributed by atoms with Crippen molar-refractivity contribution in [2.24, 2.45) is 11.3 Å². The number of hydrogen-bond acceptors (Lipinski definition) is 4. The third kappa shape index (κ3) is 3.63. The third-order valence-electron chi connectivity index (χ3n) is 3.98. The largest absolute Gasteiger partial charge is 0.466 e. The Bertz CT molecular complexity index is 346. The maximum Gasteiger partial charge on any atom is 0.415 e. The first kappa shape index (κ1) is 17.2. The SMILES string of the molecule is CCOC(=O)[C@@]1(C(C)C)CCN(C[C@@H](O)C(F)(F)F)C1. The molecule has 0 aliphatic carbocycles. The second-order valence-electron chi connectivity index (χ2n) is 5.57. The quantitative estimate of drug-likeness (QED) is 0.787. The Morgan fingerprint density at radius 3 is 2.50 bits per heavy atom. The van der Waals surface area contributed by atoms with Gasteiger partial charge in [-0.05, 0) is 25.8 Å². The number of rotatable bonds is 5. The number of ether oxygens (including phenoxy) is 1. The molecule has 1 saturated heterocycles. The van der Waals surface area contributed by atoms with Crippen LogP contribution in [0, 0.1) is 11.3 Å². The summed E-state index contributed by atoms with van der Waals surface area (Å²) in [5.41, 5.74) is -0.776. The summed E-state index contributed by atoms with van der Waals surface area (Å²) in [5.74, 6) is -0.395. The number of carbonyl (C=O) groups excluding carboxylic acids is 1. The molecule has 1 heterocycles. The molecule has 7 heteroatoms. The lowest BCUT2D eigenvalue weighted by atomic mass is 9.76. The van der Waals surface area contributed by atoms with Crippen LogP contribution in [0.15, 0.2) is 0 Å². The summed E-state index contributed by atoms with van der Waals surface area (Å²) in [6.45, 7) is 5.71. The van der Waals surface area contributed by atoms with Crippen LogP contribution in [-0.4, -0.2) is 54.5 Å². The van der Waals surface area contributed by atoms with Crippen molar-refractivity contribution in [1.82, 2.24) is 4.90 Å². The third-order valence-corrected chi connectivity index (χ3v) is 3.98. The molecule has 0 radical (unpaired) electrons. The van der Waals surface area contributed by atoms with E-state index < -0.39 is 24.2 Å². The molecular formula is C13H22F3NO3. The van der Waals surface area contributed by atoms with Crippen molar-refractivity contribution in [2.75, 3.05) is 26.2 Å². The van der Waals surface area contributed by atoms with E-state index in [0.717, 1.165) is 0 Å². The van der Waals surface area contributed by atoms with Gasteiger partial charge in [0.15, 0.2) is 6.10 Å². The van der Waals surface area contributed by atoms with E-state index in [1.807, 2.05) is 13.8 Å². The molecule has 0 unspecified atom stereocenters. The van der Waals surface area contributed by atoms with Gasteiger partial charge in [0.2, 0.25) is 0 Å². The first-order chi connectivity index (χ1) is 9.13. The van der Waals surface area contributed by atoms with Crippen LogP contribution in [0.5, 0.6) is 0 Å². The molecule has 0 aromatic carbocycles. The van der Waals surface area contributed by atoms with Gasteiger partial charge in [-0.3, -0.25) is 9.69 Å². The smallest absolute Gasteiger partial charge is 0.415 e. The summed E-state index contributed by atoms with van der Waals surface area (Å²) in [6.07, 6.45) is -6.56. The highest BCUT2D eigenvalue weighted by Crippen LogP contribution is 2.39. The maximum atomic E-state index is 12.4. The van der Waals surface area contributed by atoms with Gasteiger partial charge >= 0.3 is 12.1 Å². The number of halogens is 3. The zero-order valence-corrected chi connectivity index (χ0v) is 12.0. The molecule has 0 saturated carbocycles. The number of aliphatic hydroxyl groups excluding tert-OH is 1. The molecule has 1 aliphatic heterocycles. The predicted molar refractivity (Wildman–Crippen MR) is 67.0 cm³/mol. The van der Waals surface area contributed by atoms with Gasteiger partial charge in [0, 0.05) is 13.1 Å². The Kier molecular flexibility index (Phi) is 5.43. The van der Waals surface area contributed by atoms with E-state index >= 15 is 0 Å². The summed E-state index contributed by atoms with van der Waals surface area (Å²) in [5, 5.41) is 9.11. The second-order valence-corrected chi connectivity index (χ2v) is 5.57. The Hall–Kier alpha value is -0.820. The van der Waals surface area contributed by atoms with Crippen molar-refractivity contribution in [3.63, 3.8) is 0 Å². The van der Waals surface area contributed by atoms with E-state index in [-0.39, 0.29) is 25.0 Å². The number of likely N-dealkylation sites (tertiary alicyclic amines) is 1. The minimum Gasteiger partial charge on any atom is -0.466 e. The van der Waals surface area contributed by atoms with E-state index in [4.69, 9.17) is 9.84 Å². The summed E-state index contributed by atoms with van der Waals surface area (Å²) in [6, 6.07) is 0. The van der Waals surface area contributed by atoms with Gasteiger partial charge in [-0.25, -0.2) is 0 Å². The lowest BCUT2D eigenvalue weighted by Crippen LogP contribution is -2.44. The molecule has 1 rings (SSSR count). The maximum absolute atomic E-state index is 12.4. The van der Waals surface area contributed by atoms with E-state index in [9.17, 15) is 18.0 Å². The lowest BCUT2D eigenvalue weighted by Gasteiger charge is -2.31. The van der Waals surface area contributed by atoms with Crippen LogP contribution < -0.4 is 0 Å². The summed E-state index contributed by atoms with van der Waals surface area (Å²) in [4.78, 5) is 13.6. The molecule has 0 aromatic heterocycles. The van der Waals surface area contributed by atoms with Gasteiger partial charge in [-0.15, -0.1) is 0 Å². The Morgan fingerprint density at radius 2 is 2.05 bits per heavy atom. The van der Waals surface area contributed by atoms with Crippen molar-refractivity contribution in [3.8, 4) is 0 Å². The molecule has 4 nitrogen and oxygen atoms in total. The number of esters is 1. The molecule has 1 N–H and O–H groups in total. The zero-order valence-electron chi connectivity index (χ0n) is 12.0. The fraction of sp³-hybridized carbons (Fsp3) is 0.923. The van der Waals surface area contributed by atoms with Crippen molar-refractivity contribution in [1.29, 1.82) is 0 Å². The summed E-state index contributed by atoms with van der Waals surface area (Å²) < 4.78 is 42.2. The number of alkyl halides is 3. The highest BCUT2D eigenvalue weighted by molar-refractivity contribution is 5.78. The van der Waals surface area contributed by atoms with E-state index in [2.05, 4.69) is 0 Å². The molecule has 0 amide bonds. The van der Waals surface area contributed by atoms with Crippen LogP contribution in [0.3, 0.4) is 0 Å². The molecule has 0 bridgehead atoms. The molecule has 1 aliphatic rings. The fourth-order valence-corrected chi connectivity index (χ4v) is 2.57. The molecule has 0 aromatic rings. The highest BCUT2D eigenvalue weighted by Gasteiger charge is 2.49. The van der Waals surface area contributed by atoms with Gasteiger partial charge in [0.05, 0.1) is 12.0 Å². The second kappa shape index (κ2) is 6.30. The number of hydrogen-bond donors (Lipinski definition) is 1. The molecule has 20 heavy (non-hydrogen) atoms. The lowest BCUT2D eigenvalue weighted by molar-refractivity contribution is -0.207. The van der Waals surface area contributed by atoms with Crippen molar-refractivity contribution in [2.45, 2.75) is 39.5 Å². The molecule has 0 spiro atoms. The molecule has 2 atom stereocenters. The van der Waals surface area contributed by atoms with Crippen molar-refractivity contribution >= 4 is 5.97 Å². The van der Waals surface area contributed by atoms with Gasteiger partial charge in [0.25, 0.3) is 0 Å². The number of β-amino-alcohol motifs (C(OH)–C–C–N with tert-alkyl or cyclic N) is 1. The van der Waals surface area contributed by atoms with Crippen LogP contribution in [0.4, 0.5) is 13.2 Å². The molecular weight excluding hydrogens is 275 g/mol. The standard InChI is InChI=1S/C13H22F3NO3/c1-4-20-11(19)12(9(2)3)5-6-17(8-12)7-10(18)13(14,15)16/h9-10,18H,4-8H2,1-3H3/t10-,12+/m1/s1. The summed E-state index contributed by atoms with van der Waals surface area (Å²) >= 11 is 0. The average Bonchev–Trinajstić information content (AvgIpc) is 2.73. The van der Waals surface area contributed by atoms with Gasteiger partial charge in [0.1, 0.15) is 0 Å². The number of nitrogens with zero attached hydrogens (tertiary/aromatic N) is 1. The molecule has 118 valence electrons. The number of aliphatic hydroxyl groups is 1. The summed E-state index contributed by atoms with van der Waals surface area (Å²) in [7, 11) is 0. The molecule has 1 fully saturated rings. The van der Waals surface area contributed by atoms with E-state index in [1.54, 1.807) is 6.92 Å². The van der Waals surface area contributed by atoms with Gasteiger partial charge in [-0.2, -0.15) is 13.2 Å². The van der Waals surface area contributed by atoms with Crippen LogP contribution in [0.2, 0.25) is 0 Å². The van der Waals surface area contributed by atoms with Crippen LogP contribution in [0.25, 0.3) is 0 Å². The van der Waals surface area contributed by atoms with Gasteiger partial charge in [-0.1, -0.05) is 13.8 Å². The van der Waals surface area contributed by atoms with E-state index in [0.29, 0.717) is 13.0 Å². The average molecular weight is 297 g/mol. The monoisotopic (exact) mass is 297 g/mol. The fourth-order valence-electron chi connectivity index (χ4n) is 2.57. The minimum atomic E-state index is -4.63. The van der Waals surface area contributed by atoms with Crippen LogP contribution in [0.1, 0.15) is 27.2 Å². The minimum absolute atomic E-state index is 0.0328.